The minimum atomic E-state index is -0.0926. The molecular weight excluding hydrogens is 338 g/mol. The molecule has 0 radical (unpaired) electrons. The molecule has 4 heteroatoms. The Labute approximate surface area is 168 Å². The van der Waals surface area contributed by atoms with E-state index in [4.69, 9.17) is 9.84 Å². The number of ether oxygens (including phenoxy) is 1. The quantitative estimate of drug-likeness (QED) is 0.171. The maximum atomic E-state index is 11.6. The molecule has 0 heterocycles. The van der Waals surface area contributed by atoms with Crippen LogP contribution >= 0.6 is 0 Å². The van der Waals surface area contributed by atoms with E-state index in [1.807, 2.05) is 11.9 Å². The zero-order valence-electron chi connectivity index (χ0n) is 18.1. The van der Waals surface area contributed by atoms with Crippen molar-refractivity contribution in [2.24, 2.45) is 0 Å². The largest absolute Gasteiger partial charge is 0.464 e. The molecule has 0 rings (SSSR count). The SMILES string of the molecule is CCCCCCCC/C=C\CCCCCCCC(=O)OCCN(C)CCO. The van der Waals surface area contributed by atoms with Crippen molar-refractivity contribution in [1.82, 2.24) is 4.90 Å². The molecule has 0 saturated carbocycles. The van der Waals surface area contributed by atoms with Crippen LogP contribution in [0.5, 0.6) is 0 Å². The molecule has 0 unspecified atom stereocenters. The van der Waals surface area contributed by atoms with Gasteiger partial charge in [0.05, 0.1) is 6.61 Å². The summed E-state index contributed by atoms with van der Waals surface area (Å²) in [6.45, 7) is 4.11. The average Bonchev–Trinajstić information content (AvgIpc) is 2.65. The number of hydrogen-bond acceptors (Lipinski definition) is 4. The van der Waals surface area contributed by atoms with E-state index < -0.39 is 0 Å². The molecule has 0 aromatic heterocycles. The Morgan fingerprint density at radius 2 is 1.41 bits per heavy atom. The minimum absolute atomic E-state index is 0.0926. The number of allylic oxidation sites excluding steroid dienone is 2. The van der Waals surface area contributed by atoms with Crippen LogP contribution in [-0.4, -0.2) is 49.3 Å². The van der Waals surface area contributed by atoms with Crippen LogP contribution in [0.15, 0.2) is 12.2 Å². The summed E-state index contributed by atoms with van der Waals surface area (Å²) in [5.74, 6) is -0.0926. The lowest BCUT2D eigenvalue weighted by Gasteiger charge is -2.14. The monoisotopic (exact) mass is 383 g/mol. The van der Waals surface area contributed by atoms with Gasteiger partial charge in [0.15, 0.2) is 0 Å². The summed E-state index contributed by atoms with van der Waals surface area (Å²) in [4.78, 5) is 13.6. The number of aliphatic hydroxyl groups is 1. The Morgan fingerprint density at radius 1 is 0.852 bits per heavy atom. The van der Waals surface area contributed by atoms with Crippen molar-refractivity contribution in [3.8, 4) is 0 Å². The highest BCUT2D eigenvalue weighted by atomic mass is 16.5. The zero-order valence-corrected chi connectivity index (χ0v) is 18.1. The zero-order chi connectivity index (χ0) is 20.0. The topological polar surface area (TPSA) is 49.8 Å². The van der Waals surface area contributed by atoms with Crippen LogP contribution in [-0.2, 0) is 9.53 Å². The fraction of sp³-hybridized carbons (Fsp3) is 0.870. The predicted octanol–water partition coefficient (Wildman–Crippen LogP) is 5.49. The smallest absolute Gasteiger partial charge is 0.305 e. The molecule has 0 aromatic rings. The van der Waals surface area contributed by atoms with E-state index in [9.17, 15) is 4.79 Å². The molecule has 0 fully saturated rings. The Balaban J connectivity index is 3.25. The lowest BCUT2D eigenvalue weighted by Crippen LogP contribution is -2.27. The first-order valence-electron chi connectivity index (χ1n) is 11.3. The van der Waals surface area contributed by atoms with Crippen molar-refractivity contribution in [3.63, 3.8) is 0 Å². The number of carbonyl (C=O) groups excluding carboxylic acids is 1. The normalized spacial score (nSPS) is 11.6. The fourth-order valence-electron chi connectivity index (χ4n) is 3.01. The molecule has 0 amide bonds. The Kier molecular flexibility index (Phi) is 20.7. The van der Waals surface area contributed by atoms with Gasteiger partial charge in [-0.05, 0) is 39.2 Å². The lowest BCUT2D eigenvalue weighted by atomic mass is 10.1. The second-order valence-corrected chi connectivity index (χ2v) is 7.58. The molecule has 0 bridgehead atoms. The van der Waals surface area contributed by atoms with Gasteiger partial charge in [-0.2, -0.15) is 0 Å². The van der Waals surface area contributed by atoms with Crippen molar-refractivity contribution in [2.75, 3.05) is 33.4 Å². The summed E-state index contributed by atoms with van der Waals surface area (Å²) in [6, 6.07) is 0. The summed E-state index contributed by atoms with van der Waals surface area (Å²) in [6.07, 6.45) is 21.7. The van der Waals surface area contributed by atoms with Crippen LogP contribution in [0.1, 0.15) is 96.8 Å². The number of esters is 1. The van der Waals surface area contributed by atoms with E-state index in [0.717, 1.165) is 12.8 Å². The minimum Gasteiger partial charge on any atom is -0.464 e. The lowest BCUT2D eigenvalue weighted by molar-refractivity contribution is -0.144. The van der Waals surface area contributed by atoms with Crippen molar-refractivity contribution < 1.29 is 14.6 Å². The van der Waals surface area contributed by atoms with E-state index in [0.29, 0.717) is 26.1 Å². The maximum Gasteiger partial charge on any atom is 0.305 e. The second-order valence-electron chi connectivity index (χ2n) is 7.58. The number of nitrogens with zero attached hydrogens (tertiary/aromatic N) is 1. The molecule has 0 spiro atoms. The molecule has 1 N–H and O–H groups in total. The average molecular weight is 384 g/mol. The van der Waals surface area contributed by atoms with Crippen LogP contribution in [0, 0.1) is 0 Å². The van der Waals surface area contributed by atoms with Gasteiger partial charge in [-0.25, -0.2) is 0 Å². The molecule has 0 aliphatic carbocycles. The van der Waals surface area contributed by atoms with E-state index in [1.54, 1.807) is 0 Å². The number of likely N-dealkylation sites (N-methyl/N-ethyl adjacent to an activating group) is 1. The van der Waals surface area contributed by atoms with Crippen LogP contribution in [0.3, 0.4) is 0 Å². The van der Waals surface area contributed by atoms with E-state index in [1.165, 1.54) is 70.6 Å². The molecule has 4 nitrogen and oxygen atoms in total. The number of rotatable bonds is 20. The summed E-state index contributed by atoms with van der Waals surface area (Å²) in [5.41, 5.74) is 0. The van der Waals surface area contributed by atoms with Crippen LogP contribution in [0.25, 0.3) is 0 Å². The number of hydrogen-bond donors (Lipinski definition) is 1. The number of carbonyl (C=O) groups is 1. The van der Waals surface area contributed by atoms with Crippen LogP contribution < -0.4 is 0 Å². The van der Waals surface area contributed by atoms with Crippen molar-refractivity contribution in [1.29, 1.82) is 0 Å². The molecule has 0 saturated heterocycles. The van der Waals surface area contributed by atoms with Gasteiger partial charge in [0.1, 0.15) is 6.61 Å². The van der Waals surface area contributed by atoms with Gasteiger partial charge in [-0.15, -0.1) is 0 Å². The van der Waals surface area contributed by atoms with Crippen molar-refractivity contribution in [3.05, 3.63) is 12.2 Å². The van der Waals surface area contributed by atoms with E-state index >= 15 is 0 Å². The standard InChI is InChI=1S/C23H45NO3/c1-3-4-5-6-7-8-9-10-11-12-13-14-15-16-17-18-23(26)27-22-20-24(2)19-21-25/h10-11,25H,3-9,12-22H2,1-2H3/b11-10-. The molecular formula is C23H45NO3. The van der Waals surface area contributed by atoms with E-state index in [2.05, 4.69) is 19.1 Å². The first kappa shape index (κ1) is 26.1. The first-order chi connectivity index (χ1) is 13.2. The number of unbranched alkanes of at least 4 members (excludes halogenated alkanes) is 11. The van der Waals surface area contributed by atoms with Crippen molar-refractivity contribution in [2.45, 2.75) is 96.8 Å². The molecule has 27 heavy (non-hydrogen) atoms. The van der Waals surface area contributed by atoms with Gasteiger partial charge in [0.2, 0.25) is 0 Å². The summed E-state index contributed by atoms with van der Waals surface area (Å²) >= 11 is 0. The summed E-state index contributed by atoms with van der Waals surface area (Å²) in [7, 11) is 1.91. The van der Waals surface area contributed by atoms with Gasteiger partial charge < -0.3 is 14.7 Å². The third kappa shape index (κ3) is 21.3. The highest BCUT2D eigenvalue weighted by Gasteiger charge is 2.03. The molecule has 0 atom stereocenters. The van der Waals surface area contributed by atoms with Gasteiger partial charge in [-0.1, -0.05) is 70.4 Å². The van der Waals surface area contributed by atoms with Crippen LogP contribution in [0.4, 0.5) is 0 Å². The van der Waals surface area contributed by atoms with Crippen molar-refractivity contribution >= 4 is 5.97 Å². The molecule has 0 aliphatic rings. The molecule has 160 valence electrons. The summed E-state index contributed by atoms with van der Waals surface area (Å²) in [5, 5.41) is 8.79. The Morgan fingerprint density at radius 3 is 2.00 bits per heavy atom. The second kappa shape index (κ2) is 21.4. The maximum absolute atomic E-state index is 11.6. The highest BCUT2D eigenvalue weighted by Crippen LogP contribution is 2.10. The Hall–Kier alpha value is -0.870. The molecule has 0 aromatic carbocycles. The predicted molar refractivity (Wildman–Crippen MR) is 115 cm³/mol. The third-order valence-corrected chi connectivity index (χ3v) is 4.86. The third-order valence-electron chi connectivity index (χ3n) is 4.86. The van der Waals surface area contributed by atoms with Gasteiger partial charge in [-0.3, -0.25) is 4.79 Å². The first-order valence-corrected chi connectivity index (χ1v) is 11.3. The van der Waals surface area contributed by atoms with E-state index in [-0.39, 0.29) is 12.6 Å². The fourth-order valence-corrected chi connectivity index (χ4v) is 3.01. The number of aliphatic hydroxyl groups excluding tert-OH is 1. The summed E-state index contributed by atoms with van der Waals surface area (Å²) < 4.78 is 5.21. The highest BCUT2D eigenvalue weighted by molar-refractivity contribution is 5.69. The van der Waals surface area contributed by atoms with Gasteiger partial charge in [0.25, 0.3) is 0 Å². The van der Waals surface area contributed by atoms with Crippen LogP contribution in [0.2, 0.25) is 0 Å². The van der Waals surface area contributed by atoms with Gasteiger partial charge >= 0.3 is 5.97 Å². The molecule has 0 aliphatic heterocycles. The van der Waals surface area contributed by atoms with Gasteiger partial charge in [0, 0.05) is 19.5 Å². The Bertz CT molecular complexity index is 345.